The predicted octanol–water partition coefficient (Wildman–Crippen LogP) is 2.68. The molecule has 0 aliphatic rings. The summed E-state index contributed by atoms with van der Waals surface area (Å²) < 4.78 is 11.8. The Bertz CT molecular complexity index is 887. The third kappa shape index (κ3) is 4.04. The van der Waals surface area contributed by atoms with Crippen molar-refractivity contribution in [3.63, 3.8) is 0 Å². The highest BCUT2D eigenvalue weighted by molar-refractivity contribution is 7.15. The molecular weight excluding hydrogens is 340 g/mol. The minimum absolute atomic E-state index is 0.0554. The Morgan fingerprint density at radius 3 is 2.92 bits per heavy atom. The number of rotatable bonds is 7. The Hall–Kier alpha value is -2.29. The van der Waals surface area contributed by atoms with Crippen molar-refractivity contribution in [3.8, 4) is 11.3 Å². The van der Waals surface area contributed by atoms with Crippen LogP contribution in [0.25, 0.3) is 16.2 Å². The highest BCUT2D eigenvalue weighted by Gasteiger charge is 2.14. The molecular formula is C17H20N4O3S. The van der Waals surface area contributed by atoms with E-state index in [2.05, 4.69) is 47.4 Å². The average Bonchev–Trinajstić information content (AvgIpc) is 3.12. The monoisotopic (exact) mass is 360 g/mol. The Labute approximate surface area is 149 Å². The van der Waals surface area contributed by atoms with E-state index in [0.717, 1.165) is 16.2 Å². The van der Waals surface area contributed by atoms with Gasteiger partial charge in [0.05, 0.1) is 18.9 Å². The van der Waals surface area contributed by atoms with Gasteiger partial charge >= 0.3 is 0 Å². The van der Waals surface area contributed by atoms with Crippen molar-refractivity contribution in [1.82, 2.24) is 14.6 Å². The van der Waals surface area contributed by atoms with Crippen LogP contribution in [0.4, 0.5) is 5.95 Å². The molecule has 2 aromatic heterocycles. The maximum Gasteiger partial charge on any atom is 0.252 e. The molecule has 3 rings (SSSR count). The van der Waals surface area contributed by atoms with Gasteiger partial charge in [0.15, 0.2) is 0 Å². The Morgan fingerprint density at radius 2 is 2.16 bits per heavy atom. The molecule has 1 amide bonds. The van der Waals surface area contributed by atoms with E-state index in [0.29, 0.717) is 13.2 Å². The number of hydrogen-bond donors (Lipinski definition) is 1. The largest absolute Gasteiger partial charge is 0.382 e. The number of anilines is 1. The van der Waals surface area contributed by atoms with E-state index >= 15 is 0 Å². The molecule has 0 fully saturated rings. The second-order valence-corrected chi connectivity index (χ2v) is 6.50. The highest BCUT2D eigenvalue weighted by atomic mass is 32.1. The number of aromatic nitrogens is 3. The number of carbonyl (C=O) groups excluding carboxylic acids is 1. The van der Waals surface area contributed by atoms with Crippen LogP contribution in [-0.4, -0.2) is 47.4 Å². The zero-order valence-corrected chi connectivity index (χ0v) is 15.2. The summed E-state index contributed by atoms with van der Waals surface area (Å²) in [6.07, 6.45) is 0. The van der Waals surface area contributed by atoms with Gasteiger partial charge in [-0.05, 0) is 19.4 Å². The van der Waals surface area contributed by atoms with E-state index < -0.39 is 0 Å². The smallest absolute Gasteiger partial charge is 0.252 e. The number of benzene rings is 1. The maximum absolute atomic E-state index is 11.9. The van der Waals surface area contributed by atoms with Crippen LogP contribution in [0.1, 0.15) is 11.1 Å². The predicted molar refractivity (Wildman–Crippen MR) is 97.1 cm³/mol. The molecule has 0 aliphatic carbocycles. The molecule has 3 aromatic rings. The number of ether oxygens (including phenoxy) is 2. The van der Waals surface area contributed by atoms with Gasteiger partial charge in [0, 0.05) is 18.1 Å². The number of methoxy groups -OCH3 is 1. The lowest BCUT2D eigenvalue weighted by Gasteiger charge is -2.05. The van der Waals surface area contributed by atoms with Crippen LogP contribution < -0.4 is 5.32 Å². The zero-order valence-electron chi connectivity index (χ0n) is 14.4. The molecule has 0 aliphatic heterocycles. The fourth-order valence-corrected chi connectivity index (χ4v) is 3.31. The fourth-order valence-electron chi connectivity index (χ4n) is 2.49. The summed E-state index contributed by atoms with van der Waals surface area (Å²) >= 11 is 1.48. The minimum atomic E-state index is -0.289. The van der Waals surface area contributed by atoms with E-state index in [9.17, 15) is 4.79 Å². The number of thiazole rings is 1. The SMILES string of the molecule is COCCOCC(=O)Nc1nc2scc(-c3ccc(C)cc3C)n2n1. The number of nitrogens with one attached hydrogen (secondary N) is 1. The van der Waals surface area contributed by atoms with Crippen LogP contribution in [0.2, 0.25) is 0 Å². The molecule has 8 heteroatoms. The van der Waals surface area contributed by atoms with Gasteiger partial charge in [0.1, 0.15) is 6.61 Å². The first-order valence-electron chi connectivity index (χ1n) is 7.87. The van der Waals surface area contributed by atoms with Crippen LogP contribution in [0.5, 0.6) is 0 Å². The van der Waals surface area contributed by atoms with E-state index in [1.807, 2.05) is 5.38 Å². The molecule has 0 saturated heterocycles. The van der Waals surface area contributed by atoms with Gasteiger partial charge in [-0.2, -0.15) is 4.98 Å². The first-order chi connectivity index (χ1) is 12.1. The molecule has 1 N–H and O–H groups in total. The summed E-state index contributed by atoms with van der Waals surface area (Å²) in [5.41, 5.74) is 4.45. The van der Waals surface area contributed by atoms with Crippen LogP contribution in [0.3, 0.4) is 0 Å². The second kappa shape index (κ2) is 7.73. The summed E-state index contributed by atoms with van der Waals surface area (Å²) in [6, 6.07) is 6.29. The zero-order chi connectivity index (χ0) is 17.8. The molecule has 0 radical (unpaired) electrons. The summed E-state index contributed by atoms with van der Waals surface area (Å²) in [5, 5.41) is 9.08. The third-order valence-corrected chi connectivity index (χ3v) is 4.47. The van der Waals surface area contributed by atoms with Gasteiger partial charge in [0.25, 0.3) is 11.9 Å². The van der Waals surface area contributed by atoms with Gasteiger partial charge in [0.2, 0.25) is 4.96 Å². The van der Waals surface area contributed by atoms with Gasteiger partial charge < -0.3 is 9.47 Å². The molecule has 1 aromatic carbocycles. The number of nitrogens with zero attached hydrogens (tertiary/aromatic N) is 3. The number of aryl methyl sites for hydroxylation is 2. The third-order valence-electron chi connectivity index (χ3n) is 3.66. The molecule has 25 heavy (non-hydrogen) atoms. The number of fused-ring (bicyclic) bond motifs is 1. The molecule has 0 saturated carbocycles. The molecule has 132 valence electrons. The van der Waals surface area contributed by atoms with E-state index in [1.54, 1.807) is 11.6 Å². The average molecular weight is 360 g/mol. The molecule has 0 unspecified atom stereocenters. The highest BCUT2D eigenvalue weighted by Crippen LogP contribution is 2.28. The van der Waals surface area contributed by atoms with Crippen molar-refractivity contribution in [2.75, 3.05) is 32.2 Å². The fraction of sp³-hybridized carbons (Fsp3) is 0.353. The Balaban J connectivity index is 1.75. The minimum Gasteiger partial charge on any atom is -0.382 e. The number of hydrogen-bond acceptors (Lipinski definition) is 6. The van der Waals surface area contributed by atoms with Crippen LogP contribution >= 0.6 is 11.3 Å². The summed E-state index contributed by atoms with van der Waals surface area (Å²) in [5.74, 6) is -0.0133. The van der Waals surface area contributed by atoms with Crippen molar-refractivity contribution in [2.24, 2.45) is 0 Å². The van der Waals surface area contributed by atoms with E-state index in [-0.39, 0.29) is 18.5 Å². The first kappa shape index (κ1) is 17.5. The second-order valence-electron chi connectivity index (χ2n) is 5.66. The first-order valence-corrected chi connectivity index (χ1v) is 8.75. The van der Waals surface area contributed by atoms with Gasteiger partial charge in [-0.3, -0.25) is 10.1 Å². The maximum atomic E-state index is 11.9. The lowest BCUT2D eigenvalue weighted by molar-refractivity contribution is -0.121. The van der Waals surface area contributed by atoms with Crippen molar-refractivity contribution in [1.29, 1.82) is 0 Å². The topological polar surface area (TPSA) is 77.8 Å². The summed E-state index contributed by atoms with van der Waals surface area (Å²) in [7, 11) is 1.58. The van der Waals surface area contributed by atoms with E-state index in [1.165, 1.54) is 22.5 Å². The molecule has 0 bridgehead atoms. The standard InChI is InChI=1S/C17H20N4O3S/c1-11-4-5-13(12(2)8-11)14-10-25-17-19-16(20-21(14)17)18-15(22)9-24-7-6-23-3/h4-5,8,10H,6-7,9H2,1-3H3,(H,18,20,22). The van der Waals surface area contributed by atoms with Crippen LogP contribution in [-0.2, 0) is 14.3 Å². The molecule has 7 nitrogen and oxygen atoms in total. The normalized spacial score (nSPS) is 11.2. The van der Waals surface area contributed by atoms with Gasteiger partial charge in [-0.15, -0.1) is 16.4 Å². The van der Waals surface area contributed by atoms with Gasteiger partial charge in [-0.25, -0.2) is 4.52 Å². The van der Waals surface area contributed by atoms with Crippen molar-refractivity contribution in [2.45, 2.75) is 13.8 Å². The summed E-state index contributed by atoms with van der Waals surface area (Å²) in [6.45, 7) is 4.90. The quantitative estimate of drug-likeness (QED) is 0.656. The summed E-state index contributed by atoms with van der Waals surface area (Å²) in [4.78, 5) is 16.9. The van der Waals surface area contributed by atoms with Crippen molar-refractivity contribution < 1.29 is 14.3 Å². The Kier molecular flexibility index (Phi) is 5.42. The van der Waals surface area contributed by atoms with Crippen LogP contribution in [0, 0.1) is 13.8 Å². The van der Waals surface area contributed by atoms with Crippen molar-refractivity contribution in [3.05, 3.63) is 34.7 Å². The molecule has 0 spiro atoms. The number of amides is 1. The number of carbonyl (C=O) groups is 1. The molecule has 2 heterocycles. The Morgan fingerprint density at radius 1 is 1.32 bits per heavy atom. The lowest BCUT2D eigenvalue weighted by atomic mass is 10.0. The lowest BCUT2D eigenvalue weighted by Crippen LogP contribution is -2.20. The van der Waals surface area contributed by atoms with Crippen molar-refractivity contribution >= 4 is 28.2 Å². The van der Waals surface area contributed by atoms with Gasteiger partial charge in [-0.1, -0.05) is 23.8 Å². The molecule has 0 atom stereocenters. The van der Waals surface area contributed by atoms with Crippen LogP contribution in [0.15, 0.2) is 23.6 Å². The van der Waals surface area contributed by atoms with E-state index in [4.69, 9.17) is 9.47 Å².